The summed E-state index contributed by atoms with van der Waals surface area (Å²) in [5, 5.41) is 0. The lowest BCUT2D eigenvalue weighted by atomic mass is 10.4. The van der Waals surface area contributed by atoms with Gasteiger partial charge in [0.2, 0.25) is 0 Å². The molecule has 0 saturated carbocycles. The van der Waals surface area contributed by atoms with Crippen LogP contribution in [0.15, 0.2) is 0 Å². The number of hydrogen-bond acceptors (Lipinski definition) is 3. The van der Waals surface area contributed by atoms with Gasteiger partial charge in [-0.1, -0.05) is 20.8 Å². The summed E-state index contributed by atoms with van der Waals surface area (Å²) >= 11 is 0. The van der Waals surface area contributed by atoms with Gasteiger partial charge in [-0.3, -0.25) is 4.90 Å². The molecule has 0 saturated heterocycles. The summed E-state index contributed by atoms with van der Waals surface area (Å²) in [6, 6.07) is 0. The van der Waals surface area contributed by atoms with Crippen molar-refractivity contribution >= 4 is 0 Å². The number of nitrogens with zero attached hydrogens (tertiary/aromatic N) is 1. The van der Waals surface area contributed by atoms with Crippen molar-refractivity contribution in [3.05, 3.63) is 0 Å². The van der Waals surface area contributed by atoms with E-state index in [0.717, 1.165) is 58.9 Å². The van der Waals surface area contributed by atoms with Crippen LogP contribution in [0.2, 0.25) is 0 Å². The van der Waals surface area contributed by atoms with Crippen molar-refractivity contribution in [2.24, 2.45) is 0 Å². The molecule has 0 spiro atoms. The molecule has 3 heteroatoms. The fourth-order valence-electron chi connectivity index (χ4n) is 1.53. The molecular weight excluding hydrogens is 202 g/mol. The van der Waals surface area contributed by atoms with Gasteiger partial charge in [-0.2, -0.15) is 0 Å². The van der Waals surface area contributed by atoms with Crippen LogP contribution in [-0.4, -0.2) is 51.0 Å². The largest absolute Gasteiger partial charge is 0.380 e. The number of rotatable bonds is 12. The number of hydrogen-bond donors (Lipinski definition) is 0. The molecule has 0 N–H and O–H groups in total. The molecule has 0 aromatic carbocycles. The molecule has 0 aromatic heterocycles. The van der Waals surface area contributed by atoms with Crippen LogP contribution in [-0.2, 0) is 9.47 Å². The van der Waals surface area contributed by atoms with Crippen molar-refractivity contribution in [3.63, 3.8) is 0 Å². The lowest BCUT2D eigenvalue weighted by Crippen LogP contribution is -2.32. The fraction of sp³-hybridized carbons (Fsp3) is 1.00. The first-order valence-corrected chi connectivity index (χ1v) is 6.72. The highest BCUT2D eigenvalue weighted by atomic mass is 16.5. The van der Waals surface area contributed by atoms with E-state index in [1.54, 1.807) is 0 Å². The van der Waals surface area contributed by atoms with Crippen LogP contribution in [0.25, 0.3) is 0 Å². The maximum atomic E-state index is 5.50. The van der Waals surface area contributed by atoms with E-state index in [0.29, 0.717) is 0 Å². The predicted octanol–water partition coefficient (Wildman–Crippen LogP) is 2.55. The molecule has 0 fully saturated rings. The Morgan fingerprint density at radius 1 is 0.625 bits per heavy atom. The minimum absolute atomic E-state index is 0.849. The third-order valence-corrected chi connectivity index (χ3v) is 2.34. The van der Waals surface area contributed by atoms with Gasteiger partial charge < -0.3 is 9.47 Å². The third-order valence-electron chi connectivity index (χ3n) is 2.34. The third kappa shape index (κ3) is 10.4. The summed E-state index contributed by atoms with van der Waals surface area (Å²) in [7, 11) is 0. The van der Waals surface area contributed by atoms with Crippen LogP contribution in [0, 0.1) is 0 Å². The van der Waals surface area contributed by atoms with Gasteiger partial charge >= 0.3 is 0 Å². The molecular formula is C13H29NO2. The molecule has 3 nitrogen and oxygen atoms in total. The zero-order valence-corrected chi connectivity index (χ0v) is 11.3. The molecule has 0 unspecified atom stereocenters. The lowest BCUT2D eigenvalue weighted by Gasteiger charge is -2.21. The zero-order chi connectivity index (χ0) is 12.1. The maximum Gasteiger partial charge on any atom is 0.0593 e. The van der Waals surface area contributed by atoms with Crippen LogP contribution in [0.5, 0.6) is 0 Å². The van der Waals surface area contributed by atoms with Gasteiger partial charge in [-0.15, -0.1) is 0 Å². The van der Waals surface area contributed by atoms with Crippen LogP contribution in [0.3, 0.4) is 0 Å². The summed E-state index contributed by atoms with van der Waals surface area (Å²) in [6.45, 7) is 13.2. The second-order valence-electron chi connectivity index (χ2n) is 4.07. The average Bonchev–Trinajstić information content (AvgIpc) is 2.30. The summed E-state index contributed by atoms with van der Waals surface area (Å²) < 4.78 is 11.0. The van der Waals surface area contributed by atoms with E-state index in [-0.39, 0.29) is 0 Å². The highest BCUT2D eigenvalue weighted by Gasteiger charge is 2.03. The second-order valence-corrected chi connectivity index (χ2v) is 4.07. The van der Waals surface area contributed by atoms with E-state index in [1.807, 2.05) is 0 Å². The molecule has 16 heavy (non-hydrogen) atoms. The quantitative estimate of drug-likeness (QED) is 0.482. The summed E-state index contributed by atoms with van der Waals surface area (Å²) in [6.07, 6.45) is 3.41. The molecule has 0 aliphatic rings. The maximum absolute atomic E-state index is 5.50. The van der Waals surface area contributed by atoms with E-state index in [2.05, 4.69) is 25.7 Å². The summed E-state index contributed by atoms with van der Waals surface area (Å²) in [4.78, 5) is 2.42. The Kier molecular flexibility index (Phi) is 12.9. The van der Waals surface area contributed by atoms with E-state index >= 15 is 0 Å². The van der Waals surface area contributed by atoms with Gasteiger partial charge in [-0.05, 0) is 25.8 Å². The van der Waals surface area contributed by atoms with Crippen molar-refractivity contribution in [1.82, 2.24) is 4.90 Å². The van der Waals surface area contributed by atoms with Crippen LogP contribution in [0.4, 0.5) is 0 Å². The Morgan fingerprint density at radius 2 is 1.12 bits per heavy atom. The molecule has 98 valence electrons. The second kappa shape index (κ2) is 12.9. The Morgan fingerprint density at radius 3 is 1.50 bits per heavy atom. The molecule has 0 rings (SSSR count). The molecule has 0 amide bonds. The minimum Gasteiger partial charge on any atom is -0.380 e. The van der Waals surface area contributed by atoms with E-state index in [1.165, 1.54) is 6.42 Å². The first-order chi connectivity index (χ1) is 7.85. The molecule has 0 aromatic rings. The topological polar surface area (TPSA) is 21.7 Å². The van der Waals surface area contributed by atoms with Gasteiger partial charge in [0.15, 0.2) is 0 Å². The molecule has 0 radical (unpaired) electrons. The highest BCUT2D eigenvalue weighted by molar-refractivity contribution is 4.56. The van der Waals surface area contributed by atoms with E-state index in [4.69, 9.17) is 9.47 Å². The smallest absolute Gasteiger partial charge is 0.0593 e. The highest BCUT2D eigenvalue weighted by Crippen LogP contribution is 1.93. The van der Waals surface area contributed by atoms with Crippen molar-refractivity contribution in [2.75, 3.05) is 46.1 Å². The van der Waals surface area contributed by atoms with Crippen molar-refractivity contribution < 1.29 is 9.47 Å². The Balaban J connectivity index is 3.45. The van der Waals surface area contributed by atoms with Gasteiger partial charge in [0.1, 0.15) is 0 Å². The van der Waals surface area contributed by atoms with Crippen LogP contribution < -0.4 is 0 Å². The van der Waals surface area contributed by atoms with Crippen molar-refractivity contribution in [1.29, 1.82) is 0 Å². The van der Waals surface area contributed by atoms with Crippen LogP contribution in [0.1, 0.15) is 40.0 Å². The first-order valence-electron chi connectivity index (χ1n) is 6.72. The first kappa shape index (κ1) is 15.9. The van der Waals surface area contributed by atoms with Crippen LogP contribution >= 0.6 is 0 Å². The Hall–Kier alpha value is -0.120. The van der Waals surface area contributed by atoms with Crippen molar-refractivity contribution in [3.8, 4) is 0 Å². The minimum atomic E-state index is 0.849. The zero-order valence-electron chi connectivity index (χ0n) is 11.3. The number of ether oxygens (including phenoxy) is 2. The van der Waals surface area contributed by atoms with E-state index in [9.17, 15) is 0 Å². The lowest BCUT2D eigenvalue weighted by molar-refractivity contribution is 0.0749. The Bertz CT molecular complexity index is 119. The average molecular weight is 231 g/mol. The molecule has 0 aliphatic carbocycles. The van der Waals surface area contributed by atoms with Gasteiger partial charge in [-0.25, -0.2) is 0 Å². The van der Waals surface area contributed by atoms with Gasteiger partial charge in [0.05, 0.1) is 13.2 Å². The Labute approximate surface area is 101 Å². The normalized spacial score (nSPS) is 11.2. The molecule has 0 bridgehead atoms. The SMILES string of the molecule is CCCOCCN(CCC)CCOCCC. The standard InChI is InChI=1S/C13H29NO2/c1-4-7-14(8-12-15-10-5-2)9-13-16-11-6-3/h4-13H2,1-3H3. The summed E-state index contributed by atoms with van der Waals surface area (Å²) in [5.41, 5.74) is 0. The fourth-order valence-corrected chi connectivity index (χ4v) is 1.53. The van der Waals surface area contributed by atoms with E-state index < -0.39 is 0 Å². The monoisotopic (exact) mass is 231 g/mol. The molecule has 0 atom stereocenters. The molecule has 0 heterocycles. The summed E-state index contributed by atoms with van der Waals surface area (Å²) in [5.74, 6) is 0. The van der Waals surface area contributed by atoms with Crippen molar-refractivity contribution in [2.45, 2.75) is 40.0 Å². The predicted molar refractivity (Wildman–Crippen MR) is 69.0 cm³/mol. The van der Waals surface area contributed by atoms with Gasteiger partial charge in [0, 0.05) is 26.3 Å². The van der Waals surface area contributed by atoms with Gasteiger partial charge in [0.25, 0.3) is 0 Å². The molecule has 0 aliphatic heterocycles.